The predicted molar refractivity (Wildman–Crippen MR) is 63.6 cm³/mol. The Morgan fingerprint density at radius 2 is 2.12 bits per heavy atom. The van der Waals surface area contributed by atoms with Gasteiger partial charge >= 0.3 is 5.69 Å². The lowest BCUT2D eigenvalue weighted by Gasteiger charge is -2.20. The first-order chi connectivity index (χ1) is 7.81. The van der Waals surface area contributed by atoms with E-state index in [-0.39, 0.29) is 5.69 Å². The number of aryl methyl sites for hydroxylation is 1. The zero-order valence-electron chi connectivity index (χ0n) is 10.0. The largest absolute Gasteiger partial charge is 0.343 e. The van der Waals surface area contributed by atoms with Gasteiger partial charge in [0.15, 0.2) is 0 Å². The number of unbranched alkanes of at least 4 members (excludes halogenated alkanes) is 1. The number of nitrogens with one attached hydrogen (secondary N) is 1. The number of rotatable bonds is 4. The first kappa shape index (κ1) is 11.4. The number of nitrogens with zero attached hydrogens (tertiary/aromatic N) is 2. The van der Waals surface area contributed by atoms with Crippen LogP contribution in [0.3, 0.4) is 0 Å². The predicted octanol–water partition coefficient (Wildman–Crippen LogP) is 2.42. The Balaban J connectivity index is 2.08. The van der Waals surface area contributed by atoms with Crippen molar-refractivity contribution in [3.8, 4) is 0 Å². The van der Waals surface area contributed by atoms with Crippen LogP contribution in [-0.2, 0) is 6.42 Å². The van der Waals surface area contributed by atoms with Crippen LogP contribution < -0.4 is 5.69 Å². The summed E-state index contributed by atoms with van der Waals surface area (Å²) >= 11 is 0. The molecule has 1 aliphatic carbocycles. The molecule has 0 unspecified atom stereocenters. The summed E-state index contributed by atoms with van der Waals surface area (Å²) in [7, 11) is 0. The van der Waals surface area contributed by atoms with Gasteiger partial charge in [-0.15, -0.1) is 0 Å². The normalized spacial score (nSPS) is 17.8. The molecule has 1 aromatic rings. The van der Waals surface area contributed by atoms with Crippen molar-refractivity contribution < 1.29 is 0 Å². The summed E-state index contributed by atoms with van der Waals surface area (Å²) in [5, 5.41) is 4.42. The second kappa shape index (κ2) is 5.32. The van der Waals surface area contributed by atoms with Gasteiger partial charge in [0.05, 0.1) is 6.04 Å². The Morgan fingerprint density at radius 3 is 2.81 bits per heavy atom. The molecule has 0 amide bonds. The molecule has 1 heterocycles. The van der Waals surface area contributed by atoms with E-state index in [9.17, 15) is 4.79 Å². The second-order valence-corrected chi connectivity index (χ2v) is 4.72. The molecule has 1 aromatic heterocycles. The lowest BCUT2D eigenvalue weighted by molar-refractivity contribution is 0.321. The van der Waals surface area contributed by atoms with Crippen molar-refractivity contribution in [1.82, 2.24) is 14.8 Å². The molecule has 0 aliphatic heterocycles. The van der Waals surface area contributed by atoms with Crippen LogP contribution in [0.2, 0.25) is 0 Å². The van der Waals surface area contributed by atoms with E-state index in [1.165, 1.54) is 19.3 Å². The van der Waals surface area contributed by atoms with Crippen molar-refractivity contribution in [3.05, 3.63) is 16.3 Å². The highest BCUT2D eigenvalue weighted by atomic mass is 16.2. The quantitative estimate of drug-likeness (QED) is 0.852. The van der Waals surface area contributed by atoms with Gasteiger partial charge in [0.25, 0.3) is 0 Å². The maximum atomic E-state index is 11.7. The fraction of sp³-hybridized carbons (Fsp3) is 0.833. The average molecular weight is 223 g/mol. The van der Waals surface area contributed by atoms with Gasteiger partial charge in [0.2, 0.25) is 0 Å². The summed E-state index contributed by atoms with van der Waals surface area (Å²) in [6.45, 7) is 2.15. The summed E-state index contributed by atoms with van der Waals surface area (Å²) < 4.78 is 1.68. The van der Waals surface area contributed by atoms with Crippen molar-refractivity contribution in [2.24, 2.45) is 0 Å². The van der Waals surface area contributed by atoms with Gasteiger partial charge in [-0.1, -0.05) is 32.6 Å². The van der Waals surface area contributed by atoms with Crippen LogP contribution in [-0.4, -0.2) is 14.8 Å². The van der Waals surface area contributed by atoms with Crippen molar-refractivity contribution in [2.45, 2.75) is 64.3 Å². The zero-order chi connectivity index (χ0) is 11.4. The van der Waals surface area contributed by atoms with E-state index in [0.29, 0.717) is 6.04 Å². The smallest absolute Gasteiger partial charge is 0.293 e. The van der Waals surface area contributed by atoms with Crippen molar-refractivity contribution >= 4 is 0 Å². The number of hydrogen-bond donors (Lipinski definition) is 1. The fourth-order valence-corrected chi connectivity index (χ4v) is 2.41. The fourth-order valence-electron chi connectivity index (χ4n) is 2.41. The van der Waals surface area contributed by atoms with Crippen LogP contribution in [0, 0.1) is 0 Å². The maximum absolute atomic E-state index is 11.7. The SMILES string of the molecule is CCCCc1nn(C2CCCCC2)c(=O)[nH]1. The van der Waals surface area contributed by atoms with E-state index in [1.54, 1.807) is 4.68 Å². The molecule has 4 nitrogen and oxygen atoms in total. The van der Waals surface area contributed by atoms with Crippen LogP contribution in [0.25, 0.3) is 0 Å². The van der Waals surface area contributed by atoms with Crippen LogP contribution in [0.15, 0.2) is 4.79 Å². The lowest BCUT2D eigenvalue weighted by atomic mass is 9.96. The van der Waals surface area contributed by atoms with Crippen LogP contribution in [0.4, 0.5) is 0 Å². The highest BCUT2D eigenvalue weighted by Crippen LogP contribution is 2.26. The van der Waals surface area contributed by atoms with Crippen molar-refractivity contribution in [3.63, 3.8) is 0 Å². The van der Waals surface area contributed by atoms with Crippen molar-refractivity contribution in [2.75, 3.05) is 0 Å². The molecule has 90 valence electrons. The second-order valence-electron chi connectivity index (χ2n) is 4.72. The Bertz CT molecular complexity index is 374. The van der Waals surface area contributed by atoms with E-state index in [4.69, 9.17) is 0 Å². The molecule has 0 atom stereocenters. The molecule has 4 heteroatoms. The minimum absolute atomic E-state index is 0.0157. The standard InChI is InChI=1S/C12H21N3O/c1-2-3-9-11-13-12(16)15(14-11)10-7-5-4-6-8-10/h10H,2-9H2,1H3,(H,13,14,16). The molecule has 0 saturated heterocycles. The molecule has 0 aromatic carbocycles. The Morgan fingerprint density at radius 1 is 1.38 bits per heavy atom. The summed E-state index contributed by atoms with van der Waals surface area (Å²) in [6.07, 6.45) is 9.11. The third-order valence-electron chi connectivity index (χ3n) is 3.38. The van der Waals surface area contributed by atoms with Gasteiger partial charge in [-0.25, -0.2) is 9.48 Å². The minimum Gasteiger partial charge on any atom is -0.293 e. The molecule has 1 aliphatic rings. The van der Waals surface area contributed by atoms with Gasteiger partial charge in [-0.05, 0) is 19.3 Å². The summed E-state index contributed by atoms with van der Waals surface area (Å²) in [5.41, 5.74) is -0.0157. The highest BCUT2D eigenvalue weighted by Gasteiger charge is 2.18. The molecule has 2 rings (SSSR count). The molecule has 1 saturated carbocycles. The van der Waals surface area contributed by atoms with Crippen LogP contribution >= 0.6 is 0 Å². The van der Waals surface area contributed by atoms with Gasteiger partial charge in [-0.2, -0.15) is 5.10 Å². The molecule has 16 heavy (non-hydrogen) atoms. The number of aromatic nitrogens is 3. The zero-order valence-corrected chi connectivity index (χ0v) is 10.0. The number of H-pyrrole nitrogens is 1. The minimum atomic E-state index is -0.0157. The van der Waals surface area contributed by atoms with Crippen LogP contribution in [0.1, 0.15) is 63.7 Å². The van der Waals surface area contributed by atoms with E-state index in [1.807, 2.05) is 0 Å². The summed E-state index contributed by atoms with van der Waals surface area (Å²) in [5.74, 6) is 0.859. The maximum Gasteiger partial charge on any atom is 0.343 e. The Labute approximate surface area is 96.1 Å². The van der Waals surface area contributed by atoms with E-state index < -0.39 is 0 Å². The third-order valence-corrected chi connectivity index (χ3v) is 3.38. The van der Waals surface area contributed by atoms with E-state index >= 15 is 0 Å². The van der Waals surface area contributed by atoms with Crippen LogP contribution in [0.5, 0.6) is 0 Å². The summed E-state index contributed by atoms with van der Waals surface area (Å²) in [6, 6.07) is 0.341. The topological polar surface area (TPSA) is 50.7 Å². The first-order valence-corrected chi connectivity index (χ1v) is 6.49. The van der Waals surface area contributed by atoms with E-state index in [0.717, 1.165) is 37.9 Å². The van der Waals surface area contributed by atoms with Gasteiger partial charge in [-0.3, -0.25) is 4.98 Å². The number of aromatic amines is 1. The first-order valence-electron chi connectivity index (χ1n) is 6.49. The van der Waals surface area contributed by atoms with Gasteiger partial charge < -0.3 is 0 Å². The molecular weight excluding hydrogens is 202 g/mol. The van der Waals surface area contributed by atoms with E-state index in [2.05, 4.69) is 17.0 Å². The number of hydrogen-bond acceptors (Lipinski definition) is 2. The molecular formula is C12H21N3O. The molecule has 1 N–H and O–H groups in total. The van der Waals surface area contributed by atoms with Crippen molar-refractivity contribution in [1.29, 1.82) is 0 Å². The monoisotopic (exact) mass is 223 g/mol. The molecule has 1 fully saturated rings. The highest BCUT2D eigenvalue weighted by molar-refractivity contribution is 4.85. The Kier molecular flexibility index (Phi) is 3.80. The average Bonchev–Trinajstić information content (AvgIpc) is 2.69. The molecule has 0 bridgehead atoms. The Hall–Kier alpha value is -1.06. The lowest BCUT2D eigenvalue weighted by Crippen LogP contribution is -2.25. The van der Waals surface area contributed by atoms with Gasteiger partial charge in [0, 0.05) is 6.42 Å². The van der Waals surface area contributed by atoms with Gasteiger partial charge in [0.1, 0.15) is 5.82 Å². The third kappa shape index (κ3) is 2.54. The molecule has 0 spiro atoms. The molecule has 0 radical (unpaired) electrons. The summed E-state index contributed by atoms with van der Waals surface area (Å²) in [4.78, 5) is 14.6.